The number of aromatic hydroxyl groups is 1. The molecule has 0 aromatic heterocycles. The summed E-state index contributed by atoms with van der Waals surface area (Å²) in [5.74, 6) is -0.510. The first-order chi connectivity index (χ1) is 15.3. The molecule has 1 heterocycles. The number of hydrogen-bond acceptors (Lipinski definition) is 11. The minimum Gasteiger partial charge on any atom is -0.504 e. The van der Waals surface area contributed by atoms with Crippen LogP contribution in [0.5, 0.6) is 11.5 Å². The van der Waals surface area contributed by atoms with Crippen LogP contribution in [0.1, 0.15) is 5.56 Å². The summed E-state index contributed by atoms with van der Waals surface area (Å²) in [6, 6.07) is 6.34. The number of nitrogens with zero attached hydrogens (tertiary/aromatic N) is 1. The maximum atomic E-state index is 11.9. The third-order valence-corrected chi connectivity index (χ3v) is 4.57. The third-order valence-electron chi connectivity index (χ3n) is 4.57. The summed E-state index contributed by atoms with van der Waals surface area (Å²) in [6.07, 6.45) is -3.21. The second-order valence-corrected chi connectivity index (χ2v) is 6.74. The maximum Gasteiger partial charge on any atom is 0.331 e. The summed E-state index contributed by atoms with van der Waals surface area (Å²) in [6.45, 7) is -1.16. The first kappa shape index (κ1) is 25.3. The Morgan fingerprint density at radius 3 is 2.66 bits per heavy atom. The first-order valence-corrected chi connectivity index (χ1v) is 9.53. The molecule has 0 bridgehead atoms. The van der Waals surface area contributed by atoms with E-state index in [9.17, 15) is 25.2 Å². The molecule has 1 aliphatic heterocycles. The molecule has 174 valence electrons. The topological polar surface area (TPSA) is 179 Å². The number of rotatable bonds is 9. The minimum atomic E-state index is -1.58. The van der Waals surface area contributed by atoms with E-state index in [1.165, 1.54) is 31.4 Å². The number of esters is 1. The second kappa shape index (κ2) is 12.2. The van der Waals surface area contributed by atoms with Crippen molar-refractivity contribution in [2.45, 2.75) is 30.7 Å². The number of hydrogen-bond donors (Lipinski definition) is 5. The van der Waals surface area contributed by atoms with Crippen molar-refractivity contribution in [1.29, 1.82) is 5.26 Å². The van der Waals surface area contributed by atoms with Crippen LogP contribution in [0.3, 0.4) is 0 Å². The van der Waals surface area contributed by atoms with E-state index >= 15 is 0 Å². The van der Waals surface area contributed by atoms with Gasteiger partial charge in [-0.2, -0.15) is 5.26 Å². The fourth-order valence-corrected chi connectivity index (χ4v) is 2.74. The Hall–Kier alpha value is -2.98. The van der Waals surface area contributed by atoms with E-state index < -0.39 is 43.3 Å². The SMILES string of the molecule is COc1cc(/C=C/C(=O)OC/C(C#N)=C/CO[C@@H]2O[C@@H](CO)[C@@H](O)[C@@H](O)[C@H]2O)ccc1O. The van der Waals surface area contributed by atoms with E-state index in [-0.39, 0.29) is 30.3 Å². The molecule has 1 aliphatic rings. The van der Waals surface area contributed by atoms with Gasteiger partial charge in [-0.1, -0.05) is 6.07 Å². The average molecular weight is 451 g/mol. The lowest BCUT2D eigenvalue weighted by Crippen LogP contribution is -2.59. The largest absolute Gasteiger partial charge is 0.504 e. The Bertz CT molecular complexity index is 876. The number of ether oxygens (including phenoxy) is 4. The zero-order chi connectivity index (χ0) is 23.7. The lowest BCUT2D eigenvalue weighted by atomic mass is 9.99. The van der Waals surface area contributed by atoms with Gasteiger partial charge in [0.15, 0.2) is 17.8 Å². The van der Waals surface area contributed by atoms with Crippen LogP contribution in [-0.2, 0) is 19.0 Å². The Morgan fingerprint density at radius 2 is 2.00 bits per heavy atom. The molecule has 5 atom stereocenters. The molecule has 0 aliphatic carbocycles. The number of phenols is 1. The van der Waals surface area contributed by atoms with Gasteiger partial charge in [-0.15, -0.1) is 0 Å². The van der Waals surface area contributed by atoms with Gasteiger partial charge in [0, 0.05) is 6.08 Å². The van der Waals surface area contributed by atoms with Crippen LogP contribution in [0.15, 0.2) is 35.9 Å². The Kier molecular flexibility index (Phi) is 9.61. The average Bonchev–Trinajstić information content (AvgIpc) is 2.80. The van der Waals surface area contributed by atoms with Crippen molar-refractivity contribution < 1.29 is 49.3 Å². The lowest BCUT2D eigenvalue weighted by molar-refractivity contribution is -0.298. The lowest BCUT2D eigenvalue weighted by Gasteiger charge is -2.39. The molecular weight excluding hydrogens is 426 g/mol. The monoisotopic (exact) mass is 451 g/mol. The van der Waals surface area contributed by atoms with Crippen molar-refractivity contribution in [3.8, 4) is 17.6 Å². The summed E-state index contributed by atoms with van der Waals surface area (Å²) >= 11 is 0. The first-order valence-electron chi connectivity index (χ1n) is 9.53. The maximum absolute atomic E-state index is 11.9. The number of methoxy groups -OCH3 is 1. The van der Waals surface area contributed by atoms with Gasteiger partial charge in [-0.05, 0) is 29.8 Å². The molecular formula is C21H25NO10. The van der Waals surface area contributed by atoms with Gasteiger partial charge in [0.05, 0.1) is 32.0 Å². The smallest absolute Gasteiger partial charge is 0.331 e. The van der Waals surface area contributed by atoms with Crippen molar-refractivity contribution in [3.05, 3.63) is 41.5 Å². The number of carbonyl (C=O) groups excluding carboxylic acids is 1. The van der Waals surface area contributed by atoms with Crippen LogP contribution < -0.4 is 4.74 Å². The molecule has 1 aromatic rings. The Morgan fingerprint density at radius 1 is 1.25 bits per heavy atom. The highest BCUT2D eigenvalue weighted by Crippen LogP contribution is 2.26. The van der Waals surface area contributed by atoms with Crippen molar-refractivity contribution in [3.63, 3.8) is 0 Å². The van der Waals surface area contributed by atoms with E-state index in [0.717, 1.165) is 6.08 Å². The van der Waals surface area contributed by atoms with E-state index in [0.29, 0.717) is 5.56 Å². The molecule has 2 rings (SSSR count). The molecule has 32 heavy (non-hydrogen) atoms. The molecule has 0 unspecified atom stereocenters. The molecule has 1 saturated heterocycles. The van der Waals surface area contributed by atoms with Crippen LogP contribution in [0, 0.1) is 11.3 Å². The molecule has 5 N–H and O–H groups in total. The van der Waals surface area contributed by atoms with E-state index in [1.54, 1.807) is 6.07 Å². The molecule has 11 heteroatoms. The summed E-state index contributed by atoms with van der Waals surface area (Å²) in [5, 5.41) is 57.2. The van der Waals surface area contributed by atoms with Crippen molar-refractivity contribution in [1.82, 2.24) is 0 Å². The van der Waals surface area contributed by atoms with Gasteiger partial charge in [0.2, 0.25) is 0 Å². The molecule has 0 spiro atoms. The number of benzene rings is 1. The Labute approximate surface area is 183 Å². The summed E-state index contributed by atoms with van der Waals surface area (Å²) in [4.78, 5) is 11.9. The van der Waals surface area contributed by atoms with Crippen LogP contribution in [0.4, 0.5) is 0 Å². The van der Waals surface area contributed by atoms with Crippen LogP contribution >= 0.6 is 0 Å². The van der Waals surface area contributed by atoms with Gasteiger partial charge >= 0.3 is 5.97 Å². The highest BCUT2D eigenvalue weighted by atomic mass is 16.7. The summed E-state index contributed by atoms with van der Waals surface area (Å²) < 4.78 is 20.4. The number of aliphatic hydroxyl groups is 4. The molecule has 1 fully saturated rings. The van der Waals surface area contributed by atoms with E-state index in [1.807, 2.05) is 6.07 Å². The normalized spacial score (nSPS) is 26.0. The number of aliphatic hydroxyl groups excluding tert-OH is 4. The van der Waals surface area contributed by atoms with Gasteiger partial charge in [-0.3, -0.25) is 0 Å². The molecule has 11 nitrogen and oxygen atoms in total. The van der Waals surface area contributed by atoms with Crippen LogP contribution in [0.25, 0.3) is 6.08 Å². The highest BCUT2D eigenvalue weighted by Gasteiger charge is 2.43. The van der Waals surface area contributed by atoms with E-state index in [2.05, 4.69) is 0 Å². The van der Waals surface area contributed by atoms with Gasteiger partial charge < -0.3 is 44.5 Å². The molecule has 0 saturated carbocycles. The zero-order valence-electron chi connectivity index (χ0n) is 17.2. The van der Waals surface area contributed by atoms with Gasteiger partial charge in [0.25, 0.3) is 0 Å². The summed E-state index contributed by atoms with van der Waals surface area (Å²) in [7, 11) is 1.40. The highest BCUT2D eigenvalue weighted by molar-refractivity contribution is 5.87. The van der Waals surface area contributed by atoms with Crippen LogP contribution in [0.2, 0.25) is 0 Å². The van der Waals surface area contributed by atoms with Crippen molar-refractivity contribution >= 4 is 12.0 Å². The molecule has 0 amide bonds. The second-order valence-electron chi connectivity index (χ2n) is 6.74. The predicted octanol–water partition coefficient (Wildman–Crippen LogP) is -0.776. The number of nitriles is 1. The van der Waals surface area contributed by atoms with Crippen molar-refractivity contribution in [2.75, 3.05) is 26.9 Å². The number of phenolic OH excluding ortho intramolecular Hbond substituents is 1. The Balaban J connectivity index is 1.85. The minimum absolute atomic E-state index is 0.0399. The van der Waals surface area contributed by atoms with E-state index in [4.69, 9.17) is 29.3 Å². The molecule has 0 radical (unpaired) electrons. The fraction of sp³-hybridized carbons (Fsp3) is 0.429. The van der Waals surface area contributed by atoms with Crippen LogP contribution in [-0.4, -0.2) is 89.1 Å². The quantitative estimate of drug-likeness (QED) is 0.181. The zero-order valence-corrected chi connectivity index (χ0v) is 17.2. The fourth-order valence-electron chi connectivity index (χ4n) is 2.74. The summed E-state index contributed by atoms with van der Waals surface area (Å²) in [5.41, 5.74) is 0.642. The third kappa shape index (κ3) is 6.76. The van der Waals surface area contributed by atoms with Gasteiger partial charge in [0.1, 0.15) is 31.0 Å². The molecule has 1 aromatic carbocycles. The number of carbonyl (C=O) groups is 1. The van der Waals surface area contributed by atoms with Gasteiger partial charge in [-0.25, -0.2) is 4.79 Å². The predicted molar refractivity (Wildman–Crippen MR) is 108 cm³/mol. The standard InChI is InChI=1S/C21H25NO10/c1-29-15-8-12(2-4-14(15)24)3-5-17(25)31-11-13(9-22)6-7-30-21-20(28)19(27)18(26)16(10-23)32-21/h2-6,8,16,18-21,23-24,26-28H,7,10-11H2,1H3/b5-3+,13-6+/t16-,18+,19+,20+,21+/m0/s1. The van der Waals surface area contributed by atoms with Crippen molar-refractivity contribution in [2.24, 2.45) is 0 Å².